The lowest BCUT2D eigenvalue weighted by Crippen LogP contribution is -2.54. The molecule has 2 aromatic rings. The van der Waals surface area contributed by atoms with Gasteiger partial charge < -0.3 is 25.0 Å². The van der Waals surface area contributed by atoms with E-state index < -0.39 is 53.2 Å². The lowest BCUT2D eigenvalue weighted by Gasteiger charge is -2.35. The van der Waals surface area contributed by atoms with Crippen LogP contribution in [0.4, 0.5) is 4.79 Å². The van der Waals surface area contributed by atoms with E-state index in [9.17, 15) is 19.2 Å². The van der Waals surface area contributed by atoms with Crippen molar-refractivity contribution < 1.29 is 28.7 Å². The minimum atomic E-state index is -1.07. The van der Waals surface area contributed by atoms with Crippen molar-refractivity contribution in [3.8, 4) is 0 Å². The summed E-state index contributed by atoms with van der Waals surface area (Å²) in [5, 5.41) is 5.59. The Morgan fingerprint density at radius 3 is 2.00 bits per heavy atom. The minimum Gasteiger partial charge on any atom is -0.458 e. The average Bonchev–Trinajstić information content (AvgIpc) is 2.94. The first-order valence-electron chi connectivity index (χ1n) is 16.4. The van der Waals surface area contributed by atoms with Gasteiger partial charge in [0.1, 0.15) is 29.3 Å². The standard InChI is InChI=1S/C37H55N3O6/c1-11-12-13-17-22-40(33(42)27(4)38-35(44)46-37(8,9)10)31(29-21-20-25(2)26(3)23-29)32(41)39-30(34(43)45-36(5,6)7)24-28-18-15-14-16-19-28/h14-16,18-21,23,27,30-31H,11-13,17,22,24H2,1-10H3,(H,38,44)(H,39,41). The van der Waals surface area contributed by atoms with Crippen molar-refractivity contribution in [3.05, 3.63) is 70.8 Å². The Morgan fingerprint density at radius 1 is 0.804 bits per heavy atom. The van der Waals surface area contributed by atoms with Crippen LogP contribution in [-0.2, 0) is 30.3 Å². The van der Waals surface area contributed by atoms with Crippen molar-refractivity contribution in [2.75, 3.05) is 6.54 Å². The van der Waals surface area contributed by atoms with E-state index in [4.69, 9.17) is 9.47 Å². The molecule has 2 aromatic carbocycles. The fourth-order valence-electron chi connectivity index (χ4n) is 4.94. The van der Waals surface area contributed by atoms with Gasteiger partial charge in [-0.15, -0.1) is 0 Å². The molecule has 0 spiro atoms. The monoisotopic (exact) mass is 637 g/mol. The summed E-state index contributed by atoms with van der Waals surface area (Å²) in [6, 6.07) is 12.0. The van der Waals surface area contributed by atoms with Gasteiger partial charge in [0.05, 0.1) is 0 Å². The molecule has 46 heavy (non-hydrogen) atoms. The maximum atomic E-state index is 14.5. The molecule has 3 amide bonds. The number of hydrogen-bond donors (Lipinski definition) is 2. The van der Waals surface area contributed by atoms with E-state index in [2.05, 4.69) is 17.6 Å². The molecule has 0 bridgehead atoms. The summed E-state index contributed by atoms with van der Waals surface area (Å²) in [7, 11) is 0. The van der Waals surface area contributed by atoms with E-state index in [1.54, 1.807) is 48.5 Å². The van der Waals surface area contributed by atoms with Crippen LogP contribution in [0.15, 0.2) is 48.5 Å². The summed E-state index contributed by atoms with van der Waals surface area (Å²) in [5.74, 6) is -1.51. The Morgan fingerprint density at radius 2 is 1.43 bits per heavy atom. The van der Waals surface area contributed by atoms with Crippen LogP contribution in [0, 0.1) is 13.8 Å². The fraction of sp³-hybridized carbons (Fsp3) is 0.568. The number of benzene rings is 2. The molecule has 3 unspecified atom stereocenters. The van der Waals surface area contributed by atoms with Gasteiger partial charge in [-0.2, -0.15) is 0 Å². The zero-order chi connectivity index (χ0) is 34.7. The smallest absolute Gasteiger partial charge is 0.408 e. The highest BCUT2D eigenvalue weighted by atomic mass is 16.6. The molecule has 0 aliphatic rings. The molecule has 9 heteroatoms. The van der Waals surface area contributed by atoms with Crippen molar-refractivity contribution in [2.45, 2.75) is 131 Å². The van der Waals surface area contributed by atoms with Gasteiger partial charge in [-0.25, -0.2) is 9.59 Å². The number of carbonyl (C=O) groups is 4. The quantitative estimate of drug-likeness (QED) is 0.175. The molecule has 0 aliphatic heterocycles. The predicted molar refractivity (Wildman–Crippen MR) is 181 cm³/mol. The zero-order valence-electron chi connectivity index (χ0n) is 29.5. The van der Waals surface area contributed by atoms with E-state index >= 15 is 0 Å². The van der Waals surface area contributed by atoms with Gasteiger partial charge in [0.15, 0.2) is 0 Å². The molecule has 2 N–H and O–H groups in total. The normalized spacial score (nSPS) is 13.6. The third-order valence-corrected chi connectivity index (χ3v) is 7.34. The fourth-order valence-corrected chi connectivity index (χ4v) is 4.94. The number of hydrogen-bond acceptors (Lipinski definition) is 6. The molecule has 0 aliphatic carbocycles. The highest BCUT2D eigenvalue weighted by molar-refractivity contribution is 5.94. The van der Waals surface area contributed by atoms with E-state index in [0.29, 0.717) is 12.0 Å². The van der Waals surface area contributed by atoms with E-state index in [0.717, 1.165) is 36.0 Å². The van der Waals surface area contributed by atoms with Crippen LogP contribution in [0.2, 0.25) is 0 Å². The second-order valence-electron chi connectivity index (χ2n) is 14.0. The average molecular weight is 638 g/mol. The number of alkyl carbamates (subject to hydrolysis) is 1. The lowest BCUT2D eigenvalue weighted by atomic mass is 9.97. The summed E-state index contributed by atoms with van der Waals surface area (Å²) in [4.78, 5) is 56.2. The van der Waals surface area contributed by atoms with E-state index in [1.807, 2.05) is 62.4 Å². The second kappa shape index (κ2) is 17.2. The second-order valence-corrected chi connectivity index (χ2v) is 14.0. The van der Waals surface area contributed by atoms with Gasteiger partial charge >= 0.3 is 12.1 Å². The van der Waals surface area contributed by atoms with Crippen molar-refractivity contribution >= 4 is 23.9 Å². The molecule has 254 valence electrons. The number of unbranched alkanes of at least 4 members (excludes halogenated alkanes) is 3. The zero-order valence-corrected chi connectivity index (χ0v) is 29.5. The molecule has 0 saturated heterocycles. The van der Waals surface area contributed by atoms with Crippen LogP contribution in [0.3, 0.4) is 0 Å². The van der Waals surface area contributed by atoms with Crippen LogP contribution in [0.5, 0.6) is 0 Å². The maximum absolute atomic E-state index is 14.5. The minimum absolute atomic E-state index is 0.211. The molecule has 0 radical (unpaired) electrons. The van der Waals surface area contributed by atoms with Gasteiger partial charge in [0, 0.05) is 13.0 Å². The Bertz CT molecular complexity index is 1310. The summed E-state index contributed by atoms with van der Waals surface area (Å²) in [5.41, 5.74) is 1.94. The SMILES string of the molecule is CCCCCCN(C(=O)C(C)NC(=O)OC(C)(C)C)C(C(=O)NC(Cc1ccccc1)C(=O)OC(C)(C)C)c1ccc(C)c(C)c1. The molecule has 3 atom stereocenters. The van der Waals surface area contributed by atoms with Crippen molar-refractivity contribution in [1.29, 1.82) is 0 Å². The molecule has 0 saturated carbocycles. The van der Waals surface area contributed by atoms with Gasteiger partial charge in [-0.1, -0.05) is 74.7 Å². The van der Waals surface area contributed by atoms with Crippen molar-refractivity contribution in [3.63, 3.8) is 0 Å². The number of carbonyl (C=O) groups excluding carboxylic acids is 4. The molecular weight excluding hydrogens is 582 g/mol. The summed E-state index contributed by atoms with van der Waals surface area (Å²) in [6.45, 7) is 18.5. The highest BCUT2D eigenvalue weighted by Gasteiger charge is 2.37. The number of nitrogens with one attached hydrogen (secondary N) is 2. The van der Waals surface area contributed by atoms with Gasteiger partial charge in [0.2, 0.25) is 11.8 Å². The number of amides is 3. The van der Waals surface area contributed by atoms with Crippen LogP contribution >= 0.6 is 0 Å². The van der Waals surface area contributed by atoms with Crippen LogP contribution in [0.1, 0.15) is 109 Å². The van der Waals surface area contributed by atoms with Gasteiger partial charge in [-0.05, 0) is 91.0 Å². The number of rotatable bonds is 14. The molecule has 9 nitrogen and oxygen atoms in total. The third kappa shape index (κ3) is 12.9. The van der Waals surface area contributed by atoms with Gasteiger partial charge in [-0.3, -0.25) is 9.59 Å². The Kier molecular flexibility index (Phi) is 14.3. The lowest BCUT2D eigenvalue weighted by molar-refractivity contribution is -0.159. The van der Waals surface area contributed by atoms with Crippen molar-refractivity contribution in [2.24, 2.45) is 0 Å². The summed E-state index contributed by atoms with van der Waals surface area (Å²) in [6.07, 6.45) is 2.99. The topological polar surface area (TPSA) is 114 Å². The number of ether oxygens (including phenoxy) is 2. The molecule has 0 aromatic heterocycles. The number of esters is 1. The van der Waals surface area contributed by atoms with Gasteiger partial charge in [0.25, 0.3) is 0 Å². The first-order valence-corrected chi connectivity index (χ1v) is 16.4. The molecular formula is C37H55N3O6. The molecule has 0 fully saturated rings. The molecule has 2 rings (SSSR count). The number of nitrogens with zero attached hydrogens (tertiary/aromatic N) is 1. The largest absolute Gasteiger partial charge is 0.458 e. The predicted octanol–water partition coefficient (Wildman–Crippen LogP) is 6.74. The summed E-state index contributed by atoms with van der Waals surface area (Å²) < 4.78 is 11.1. The first kappa shape index (κ1) is 38.3. The van der Waals surface area contributed by atoms with Crippen LogP contribution in [0.25, 0.3) is 0 Å². The Balaban J connectivity index is 2.57. The van der Waals surface area contributed by atoms with Crippen LogP contribution in [-0.4, -0.2) is 58.6 Å². The maximum Gasteiger partial charge on any atom is 0.408 e. The first-order chi connectivity index (χ1) is 21.4. The third-order valence-electron chi connectivity index (χ3n) is 7.34. The van der Waals surface area contributed by atoms with E-state index in [1.165, 1.54) is 4.90 Å². The molecule has 0 heterocycles. The van der Waals surface area contributed by atoms with Crippen LogP contribution < -0.4 is 10.6 Å². The highest BCUT2D eigenvalue weighted by Crippen LogP contribution is 2.26. The Hall–Kier alpha value is -3.88. The van der Waals surface area contributed by atoms with E-state index in [-0.39, 0.29) is 13.0 Å². The summed E-state index contributed by atoms with van der Waals surface area (Å²) >= 11 is 0. The van der Waals surface area contributed by atoms with Crippen molar-refractivity contribution in [1.82, 2.24) is 15.5 Å². The number of aryl methyl sites for hydroxylation is 2. The Labute approximate surface area is 275 Å².